The van der Waals surface area contributed by atoms with Gasteiger partial charge in [0.25, 0.3) is 5.56 Å². The minimum Gasteiger partial charge on any atom is -0.325 e. The molecular formula is C23H34N2OS. The van der Waals surface area contributed by atoms with Gasteiger partial charge >= 0.3 is 0 Å². The molecule has 3 nitrogen and oxygen atoms in total. The largest absolute Gasteiger partial charge is 0.325 e. The van der Waals surface area contributed by atoms with E-state index in [0.29, 0.717) is 16.1 Å². The molecule has 0 bridgehead atoms. The minimum atomic E-state index is -0.127. The molecule has 1 aromatic heterocycles. The standard InChI is InChI=1S/C23H34N2OS/c1-4-23(18-19(2)3,20-12-8-7-9-13-20)15-10-5-6-11-16-25-17-14-21(26)24-22(25)27/h7-9,12-14,17,19H,4-6,10-11,15-16,18H2,1-3H3,(H,24,26,27). The summed E-state index contributed by atoms with van der Waals surface area (Å²) in [6.07, 6.45) is 10.3. The SMILES string of the molecule is CCC(CCCCCCn1ccc(=O)[nH]c1=S)(CC(C)C)c1ccccc1. The van der Waals surface area contributed by atoms with Crippen molar-refractivity contribution in [2.24, 2.45) is 5.92 Å². The van der Waals surface area contributed by atoms with Gasteiger partial charge in [-0.25, -0.2) is 0 Å². The molecule has 2 aromatic rings. The van der Waals surface area contributed by atoms with Crippen LogP contribution >= 0.6 is 12.2 Å². The first-order chi connectivity index (χ1) is 13.0. The summed E-state index contributed by atoms with van der Waals surface area (Å²) < 4.78 is 2.48. The Kier molecular flexibility index (Phi) is 8.49. The molecule has 0 aliphatic rings. The number of aromatic amines is 1. The van der Waals surface area contributed by atoms with Gasteiger partial charge in [0.2, 0.25) is 0 Å². The molecule has 0 amide bonds. The number of H-pyrrole nitrogens is 1. The molecule has 1 N–H and O–H groups in total. The number of aryl methyl sites for hydroxylation is 1. The van der Waals surface area contributed by atoms with Crippen LogP contribution in [0.2, 0.25) is 0 Å². The lowest BCUT2D eigenvalue weighted by atomic mass is 9.69. The zero-order valence-electron chi connectivity index (χ0n) is 17.0. The molecule has 27 heavy (non-hydrogen) atoms. The third-order valence-corrected chi connectivity index (χ3v) is 5.90. The number of nitrogens with zero attached hydrogens (tertiary/aromatic N) is 1. The lowest BCUT2D eigenvalue weighted by Gasteiger charge is -2.35. The van der Waals surface area contributed by atoms with Crippen molar-refractivity contribution < 1.29 is 0 Å². The van der Waals surface area contributed by atoms with Gasteiger partial charge in [-0.15, -0.1) is 0 Å². The number of aromatic nitrogens is 2. The molecule has 0 aliphatic heterocycles. The third kappa shape index (κ3) is 6.46. The average molecular weight is 387 g/mol. The van der Waals surface area contributed by atoms with Crippen LogP contribution < -0.4 is 5.56 Å². The molecule has 0 radical (unpaired) electrons. The van der Waals surface area contributed by atoms with Crippen molar-refractivity contribution in [3.8, 4) is 0 Å². The van der Waals surface area contributed by atoms with Crippen LogP contribution in [-0.4, -0.2) is 9.55 Å². The summed E-state index contributed by atoms with van der Waals surface area (Å²) in [5.41, 5.74) is 1.68. The molecule has 1 aromatic carbocycles. The third-order valence-electron chi connectivity index (χ3n) is 5.56. The Morgan fingerprint density at radius 3 is 2.41 bits per heavy atom. The molecule has 1 atom stereocenters. The normalized spacial score (nSPS) is 13.6. The maximum atomic E-state index is 11.2. The summed E-state index contributed by atoms with van der Waals surface area (Å²) in [7, 11) is 0. The number of rotatable bonds is 11. The highest BCUT2D eigenvalue weighted by Gasteiger charge is 2.30. The number of unbranched alkanes of at least 4 members (excludes halogenated alkanes) is 3. The Balaban J connectivity index is 1.86. The summed E-state index contributed by atoms with van der Waals surface area (Å²) >= 11 is 5.21. The van der Waals surface area contributed by atoms with Gasteiger partial charge in [0.05, 0.1) is 0 Å². The second-order valence-electron chi connectivity index (χ2n) is 8.07. The van der Waals surface area contributed by atoms with Gasteiger partial charge in [-0.1, -0.05) is 70.4 Å². The second-order valence-corrected chi connectivity index (χ2v) is 8.45. The van der Waals surface area contributed by atoms with Crippen LogP contribution in [0.3, 0.4) is 0 Å². The maximum Gasteiger partial charge on any atom is 0.251 e. The van der Waals surface area contributed by atoms with Crippen LogP contribution in [0.25, 0.3) is 0 Å². The van der Waals surface area contributed by atoms with Gasteiger partial charge in [0.1, 0.15) is 0 Å². The number of benzene rings is 1. The van der Waals surface area contributed by atoms with Gasteiger partial charge in [-0.2, -0.15) is 0 Å². The fraction of sp³-hybridized carbons (Fsp3) is 0.565. The van der Waals surface area contributed by atoms with E-state index in [1.807, 2.05) is 4.57 Å². The van der Waals surface area contributed by atoms with Crippen LogP contribution in [0, 0.1) is 10.7 Å². The molecular weight excluding hydrogens is 352 g/mol. The van der Waals surface area contributed by atoms with Crippen molar-refractivity contribution in [3.05, 3.63) is 63.3 Å². The maximum absolute atomic E-state index is 11.2. The lowest BCUT2D eigenvalue weighted by molar-refractivity contribution is 0.294. The Hall–Kier alpha value is -1.68. The zero-order valence-corrected chi connectivity index (χ0v) is 17.9. The Morgan fingerprint density at radius 1 is 1.07 bits per heavy atom. The number of hydrogen-bond acceptors (Lipinski definition) is 2. The number of nitrogens with one attached hydrogen (secondary N) is 1. The molecule has 0 saturated heterocycles. The minimum absolute atomic E-state index is 0.127. The topological polar surface area (TPSA) is 37.8 Å². The van der Waals surface area contributed by atoms with E-state index in [4.69, 9.17) is 12.2 Å². The van der Waals surface area contributed by atoms with Crippen LogP contribution in [0.5, 0.6) is 0 Å². The van der Waals surface area contributed by atoms with Crippen LogP contribution in [-0.2, 0) is 12.0 Å². The first-order valence-electron chi connectivity index (χ1n) is 10.3. The van der Waals surface area contributed by atoms with E-state index in [1.54, 1.807) is 6.20 Å². The molecule has 0 aliphatic carbocycles. The monoisotopic (exact) mass is 386 g/mol. The Bertz CT molecular complexity index is 794. The smallest absolute Gasteiger partial charge is 0.251 e. The predicted molar refractivity (Wildman–Crippen MR) is 117 cm³/mol. The highest BCUT2D eigenvalue weighted by atomic mass is 32.1. The molecule has 1 unspecified atom stereocenters. The highest BCUT2D eigenvalue weighted by molar-refractivity contribution is 7.71. The molecule has 4 heteroatoms. The van der Waals surface area contributed by atoms with E-state index in [-0.39, 0.29) is 5.56 Å². The van der Waals surface area contributed by atoms with E-state index in [0.717, 1.165) is 13.0 Å². The molecule has 0 spiro atoms. The van der Waals surface area contributed by atoms with E-state index in [2.05, 4.69) is 56.1 Å². The van der Waals surface area contributed by atoms with E-state index in [9.17, 15) is 4.79 Å². The second kappa shape index (κ2) is 10.6. The van der Waals surface area contributed by atoms with E-state index >= 15 is 0 Å². The van der Waals surface area contributed by atoms with Crippen LogP contribution in [0.4, 0.5) is 0 Å². The van der Waals surface area contributed by atoms with Crippen molar-refractivity contribution >= 4 is 12.2 Å². The summed E-state index contributed by atoms with van der Waals surface area (Å²) in [4.78, 5) is 13.9. The van der Waals surface area contributed by atoms with E-state index in [1.165, 1.54) is 50.2 Å². The van der Waals surface area contributed by atoms with Crippen LogP contribution in [0.1, 0.15) is 71.3 Å². The molecule has 0 fully saturated rings. The fourth-order valence-corrected chi connectivity index (χ4v) is 4.43. The highest BCUT2D eigenvalue weighted by Crippen LogP contribution is 2.39. The number of hydrogen-bond donors (Lipinski definition) is 1. The van der Waals surface area contributed by atoms with Crippen molar-refractivity contribution in [3.63, 3.8) is 0 Å². The molecule has 148 valence electrons. The van der Waals surface area contributed by atoms with Gasteiger partial charge in [-0.05, 0) is 54.8 Å². The average Bonchev–Trinajstić information content (AvgIpc) is 2.65. The summed E-state index contributed by atoms with van der Waals surface area (Å²) in [6, 6.07) is 12.6. The quantitative estimate of drug-likeness (QED) is 0.366. The molecule has 1 heterocycles. The first kappa shape index (κ1) is 21.6. The Labute approximate surface area is 168 Å². The van der Waals surface area contributed by atoms with Crippen LogP contribution in [0.15, 0.2) is 47.4 Å². The van der Waals surface area contributed by atoms with Gasteiger partial charge in [-0.3, -0.25) is 9.78 Å². The zero-order chi connectivity index (χ0) is 19.7. The lowest BCUT2D eigenvalue weighted by Crippen LogP contribution is -2.27. The van der Waals surface area contributed by atoms with Crippen molar-refractivity contribution in [2.75, 3.05) is 0 Å². The van der Waals surface area contributed by atoms with Crippen molar-refractivity contribution in [1.82, 2.24) is 9.55 Å². The van der Waals surface area contributed by atoms with Gasteiger partial charge in [0.15, 0.2) is 4.77 Å². The molecule has 0 saturated carbocycles. The van der Waals surface area contributed by atoms with Crippen molar-refractivity contribution in [1.29, 1.82) is 0 Å². The summed E-state index contributed by atoms with van der Waals surface area (Å²) in [6.45, 7) is 7.88. The van der Waals surface area contributed by atoms with Crippen molar-refractivity contribution in [2.45, 2.75) is 77.7 Å². The van der Waals surface area contributed by atoms with Gasteiger partial charge < -0.3 is 4.57 Å². The summed E-state index contributed by atoms with van der Waals surface area (Å²) in [5, 5.41) is 0. The first-order valence-corrected chi connectivity index (χ1v) is 10.7. The summed E-state index contributed by atoms with van der Waals surface area (Å²) in [5.74, 6) is 0.701. The molecule has 2 rings (SSSR count). The van der Waals surface area contributed by atoms with Gasteiger partial charge in [0, 0.05) is 18.8 Å². The van der Waals surface area contributed by atoms with E-state index < -0.39 is 0 Å². The predicted octanol–water partition coefficient (Wildman–Crippen LogP) is 6.25. The Morgan fingerprint density at radius 2 is 1.78 bits per heavy atom. The fourth-order valence-electron chi connectivity index (χ4n) is 4.18.